The van der Waals surface area contributed by atoms with E-state index in [0.29, 0.717) is 33.8 Å². The lowest BCUT2D eigenvalue weighted by atomic mass is 9.70. The molecule has 0 spiro atoms. The van der Waals surface area contributed by atoms with Gasteiger partial charge in [-0.3, -0.25) is 4.79 Å². The minimum atomic E-state index is -0.907. The number of Topliss-reactive ketones (excluding diaryl/α,β-unsaturated/α-hetero) is 1. The molecule has 0 bridgehead atoms. The molecule has 21 heavy (non-hydrogen) atoms. The van der Waals surface area contributed by atoms with Gasteiger partial charge in [0.25, 0.3) is 0 Å². The molecule has 3 rings (SSSR count). The average molecular weight is 304 g/mol. The first-order valence-electron chi connectivity index (χ1n) is 7.09. The molecular weight excluding hydrogens is 288 g/mol. The average Bonchev–Trinajstić information content (AvgIpc) is 3.24. The molecule has 1 heterocycles. The Bertz CT molecular complexity index is 669. The lowest BCUT2D eigenvalue weighted by Gasteiger charge is -2.29. The number of thiophene rings is 1. The number of nitrogens with zero attached hydrogens (tertiary/aromatic N) is 1. The second-order valence-electron chi connectivity index (χ2n) is 5.56. The summed E-state index contributed by atoms with van der Waals surface area (Å²) in [6.45, 7) is 1.99. The van der Waals surface area contributed by atoms with Gasteiger partial charge in [-0.15, -0.1) is 11.3 Å². The number of carbonyl (C=O) groups excluding carboxylic acids is 2. The minimum absolute atomic E-state index is 0.152. The summed E-state index contributed by atoms with van der Waals surface area (Å²) in [7, 11) is 0. The van der Waals surface area contributed by atoms with Crippen molar-refractivity contribution in [2.75, 3.05) is 12.3 Å². The summed E-state index contributed by atoms with van der Waals surface area (Å²) in [4.78, 5) is 25.3. The quantitative estimate of drug-likeness (QED) is 0.866. The Labute approximate surface area is 126 Å². The van der Waals surface area contributed by atoms with Crippen LogP contribution in [0.2, 0.25) is 0 Å². The van der Waals surface area contributed by atoms with E-state index >= 15 is 0 Å². The third-order valence-corrected chi connectivity index (χ3v) is 5.43. The highest BCUT2D eigenvalue weighted by atomic mass is 32.1. The number of nitriles is 1. The van der Waals surface area contributed by atoms with E-state index in [0.717, 1.165) is 24.2 Å². The van der Waals surface area contributed by atoms with Crippen molar-refractivity contribution in [1.29, 1.82) is 5.26 Å². The maximum absolute atomic E-state index is 12.8. The van der Waals surface area contributed by atoms with Crippen molar-refractivity contribution in [2.45, 2.75) is 32.6 Å². The van der Waals surface area contributed by atoms with Gasteiger partial charge < -0.3 is 10.5 Å². The SMILES string of the molecule is CCOC(=O)c1c(N)sc2c1CCC(C#N)(C1CC1)C2=O. The van der Waals surface area contributed by atoms with Crippen molar-refractivity contribution in [3.05, 3.63) is 16.0 Å². The minimum Gasteiger partial charge on any atom is -0.462 e. The van der Waals surface area contributed by atoms with E-state index in [1.807, 2.05) is 0 Å². The first-order chi connectivity index (χ1) is 10.0. The first kappa shape index (κ1) is 14.1. The normalized spacial score (nSPS) is 24.3. The Kier molecular flexibility index (Phi) is 3.25. The molecule has 1 fully saturated rings. The number of esters is 1. The third kappa shape index (κ3) is 1.95. The molecule has 1 unspecified atom stereocenters. The second kappa shape index (κ2) is 4.85. The van der Waals surface area contributed by atoms with Crippen molar-refractivity contribution in [3.63, 3.8) is 0 Å². The summed E-state index contributed by atoms with van der Waals surface area (Å²) in [5.41, 5.74) is 6.01. The van der Waals surface area contributed by atoms with Crippen LogP contribution in [0.15, 0.2) is 0 Å². The van der Waals surface area contributed by atoms with Gasteiger partial charge in [-0.1, -0.05) is 0 Å². The Morgan fingerprint density at radius 1 is 1.57 bits per heavy atom. The standard InChI is InChI=1S/C15H16N2O3S/c1-2-20-14(19)10-9-5-6-15(7-16,8-3-4-8)12(18)11(9)21-13(10)17/h8H,2-6,17H2,1H3. The molecule has 1 aromatic heterocycles. The van der Waals surface area contributed by atoms with Gasteiger partial charge in [-0.05, 0) is 44.1 Å². The van der Waals surface area contributed by atoms with Gasteiger partial charge in [0.05, 0.1) is 23.1 Å². The maximum atomic E-state index is 12.8. The summed E-state index contributed by atoms with van der Waals surface area (Å²) in [5.74, 6) is -0.463. The van der Waals surface area contributed by atoms with E-state index in [1.165, 1.54) is 0 Å². The number of rotatable bonds is 3. The molecule has 0 radical (unpaired) electrons. The van der Waals surface area contributed by atoms with E-state index in [1.54, 1.807) is 6.92 Å². The molecule has 0 saturated heterocycles. The van der Waals surface area contributed by atoms with Crippen molar-refractivity contribution in [3.8, 4) is 6.07 Å². The predicted molar refractivity (Wildman–Crippen MR) is 78.1 cm³/mol. The molecule has 2 N–H and O–H groups in total. The molecule has 0 amide bonds. The molecule has 0 aliphatic heterocycles. The molecule has 0 aromatic carbocycles. The summed E-state index contributed by atoms with van der Waals surface area (Å²) in [6, 6.07) is 2.25. The van der Waals surface area contributed by atoms with Gasteiger partial charge in [0.1, 0.15) is 10.4 Å². The number of hydrogen-bond donors (Lipinski definition) is 1. The smallest absolute Gasteiger partial charge is 0.341 e. The fraction of sp³-hybridized carbons (Fsp3) is 0.533. The number of fused-ring (bicyclic) bond motifs is 1. The molecule has 2 aliphatic carbocycles. The zero-order valence-corrected chi connectivity index (χ0v) is 12.6. The van der Waals surface area contributed by atoms with Crippen molar-refractivity contribution in [2.24, 2.45) is 11.3 Å². The highest BCUT2D eigenvalue weighted by Gasteiger charge is 2.54. The van der Waals surface area contributed by atoms with Crippen LogP contribution in [0.3, 0.4) is 0 Å². The topological polar surface area (TPSA) is 93.2 Å². The Morgan fingerprint density at radius 3 is 2.86 bits per heavy atom. The van der Waals surface area contributed by atoms with Crippen LogP contribution in [0.5, 0.6) is 0 Å². The van der Waals surface area contributed by atoms with E-state index < -0.39 is 11.4 Å². The third-order valence-electron chi connectivity index (χ3n) is 4.37. The van der Waals surface area contributed by atoms with Gasteiger partial charge in [0.15, 0.2) is 5.78 Å². The van der Waals surface area contributed by atoms with Crippen LogP contribution in [-0.2, 0) is 11.2 Å². The molecule has 1 atom stereocenters. The molecule has 1 aromatic rings. The molecule has 1 saturated carbocycles. The number of nitrogens with two attached hydrogens (primary N) is 1. The summed E-state index contributed by atoms with van der Waals surface area (Å²) >= 11 is 1.12. The largest absolute Gasteiger partial charge is 0.462 e. The number of anilines is 1. The van der Waals surface area contributed by atoms with Crippen LogP contribution >= 0.6 is 11.3 Å². The van der Waals surface area contributed by atoms with Crippen LogP contribution in [0.4, 0.5) is 5.00 Å². The zero-order valence-electron chi connectivity index (χ0n) is 11.8. The number of ketones is 1. The molecule has 5 nitrogen and oxygen atoms in total. The first-order valence-corrected chi connectivity index (χ1v) is 7.91. The Hall–Kier alpha value is -1.87. The molecule has 2 aliphatic rings. The molecule has 6 heteroatoms. The van der Waals surface area contributed by atoms with E-state index in [2.05, 4.69) is 6.07 Å². The predicted octanol–water partition coefficient (Wildman–Crippen LogP) is 2.56. The van der Waals surface area contributed by atoms with Gasteiger partial charge in [-0.2, -0.15) is 5.26 Å². The lowest BCUT2D eigenvalue weighted by Crippen LogP contribution is -2.36. The van der Waals surface area contributed by atoms with Crippen LogP contribution in [0.25, 0.3) is 0 Å². The summed E-state index contributed by atoms with van der Waals surface area (Å²) in [6.07, 6.45) is 2.87. The van der Waals surface area contributed by atoms with Gasteiger partial charge in [0.2, 0.25) is 0 Å². The van der Waals surface area contributed by atoms with Gasteiger partial charge in [0, 0.05) is 0 Å². The van der Waals surface area contributed by atoms with Crippen molar-refractivity contribution in [1.82, 2.24) is 0 Å². The van der Waals surface area contributed by atoms with Crippen molar-refractivity contribution >= 4 is 28.1 Å². The Morgan fingerprint density at radius 2 is 2.29 bits per heavy atom. The number of ether oxygens (including phenoxy) is 1. The lowest BCUT2D eigenvalue weighted by molar-refractivity contribution is 0.0526. The molecular formula is C15H16N2O3S. The fourth-order valence-electron chi connectivity index (χ4n) is 3.14. The maximum Gasteiger partial charge on any atom is 0.341 e. The van der Waals surface area contributed by atoms with Crippen LogP contribution < -0.4 is 5.73 Å². The van der Waals surface area contributed by atoms with Gasteiger partial charge >= 0.3 is 5.97 Å². The highest BCUT2D eigenvalue weighted by Crippen LogP contribution is 2.54. The number of nitrogen functional groups attached to an aromatic ring is 1. The highest BCUT2D eigenvalue weighted by molar-refractivity contribution is 7.18. The monoisotopic (exact) mass is 304 g/mol. The molecule has 110 valence electrons. The van der Waals surface area contributed by atoms with E-state index in [9.17, 15) is 14.9 Å². The summed E-state index contributed by atoms with van der Waals surface area (Å²) < 4.78 is 5.02. The number of hydrogen-bond acceptors (Lipinski definition) is 6. The van der Waals surface area contributed by atoms with Gasteiger partial charge in [-0.25, -0.2) is 4.79 Å². The van der Waals surface area contributed by atoms with Crippen LogP contribution in [0, 0.1) is 22.7 Å². The Balaban J connectivity index is 2.05. The van der Waals surface area contributed by atoms with Crippen molar-refractivity contribution < 1.29 is 14.3 Å². The zero-order chi connectivity index (χ0) is 15.2. The van der Waals surface area contributed by atoms with E-state index in [4.69, 9.17) is 10.5 Å². The van der Waals surface area contributed by atoms with Crippen LogP contribution in [0.1, 0.15) is 51.8 Å². The van der Waals surface area contributed by atoms with E-state index in [-0.39, 0.29) is 18.3 Å². The summed E-state index contributed by atoms with van der Waals surface area (Å²) in [5, 5.41) is 9.84. The number of carbonyl (C=O) groups is 2. The fourth-order valence-corrected chi connectivity index (χ4v) is 4.27. The van der Waals surface area contributed by atoms with Crippen LogP contribution in [-0.4, -0.2) is 18.4 Å². The second-order valence-corrected chi connectivity index (χ2v) is 6.61.